The third-order valence-corrected chi connectivity index (χ3v) is 5.73. The van der Waals surface area contributed by atoms with Gasteiger partial charge in [0.2, 0.25) is 0 Å². The van der Waals surface area contributed by atoms with Gasteiger partial charge in [-0.25, -0.2) is 4.79 Å². The fourth-order valence-corrected chi connectivity index (χ4v) is 3.68. The molecule has 0 fully saturated rings. The summed E-state index contributed by atoms with van der Waals surface area (Å²) in [5.74, 6) is -0.847. The minimum atomic E-state index is -1.32. The third-order valence-electron chi connectivity index (χ3n) is 4.31. The maximum atomic E-state index is 13.3. The van der Waals surface area contributed by atoms with Gasteiger partial charge >= 0.3 is 5.97 Å². The van der Waals surface area contributed by atoms with Crippen molar-refractivity contribution in [3.63, 3.8) is 0 Å². The van der Waals surface area contributed by atoms with E-state index in [-0.39, 0.29) is 18.2 Å². The highest BCUT2D eigenvalue weighted by atomic mass is 79.9. The Bertz CT molecular complexity index is 899. The van der Waals surface area contributed by atoms with E-state index in [1.807, 2.05) is 18.2 Å². The van der Waals surface area contributed by atoms with Crippen LogP contribution in [0.4, 0.5) is 11.4 Å². The molecule has 1 N–H and O–H groups in total. The summed E-state index contributed by atoms with van der Waals surface area (Å²) >= 11 is 9.40. The highest BCUT2D eigenvalue weighted by Gasteiger charge is 2.54. The Labute approximate surface area is 171 Å². The number of amides is 1. The van der Waals surface area contributed by atoms with Gasteiger partial charge < -0.3 is 10.1 Å². The summed E-state index contributed by atoms with van der Waals surface area (Å²) in [4.78, 5) is 27.5. The molecule has 0 saturated carbocycles. The minimum Gasteiger partial charge on any atom is -0.464 e. The van der Waals surface area contributed by atoms with Crippen LogP contribution in [0.25, 0.3) is 0 Å². The van der Waals surface area contributed by atoms with E-state index in [0.717, 1.165) is 0 Å². The second-order valence-corrected chi connectivity index (χ2v) is 7.32. The number of anilines is 2. The average molecular weight is 450 g/mol. The van der Waals surface area contributed by atoms with Crippen molar-refractivity contribution in [2.75, 3.05) is 16.8 Å². The van der Waals surface area contributed by atoms with Crippen molar-refractivity contribution in [1.29, 1.82) is 0 Å². The van der Waals surface area contributed by atoms with Crippen molar-refractivity contribution in [3.8, 4) is 0 Å². The molecule has 0 unspecified atom stereocenters. The molecule has 1 amide bonds. The molecule has 140 valence electrons. The highest BCUT2D eigenvalue weighted by molar-refractivity contribution is 9.11. The van der Waals surface area contributed by atoms with E-state index < -0.39 is 11.5 Å². The van der Waals surface area contributed by atoms with Crippen LogP contribution in [-0.4, -0.2) is 24.0 Å². The zero-order valence-electron chi connectivity index (χ0n) is 14.8. The van der Waals surface area contributed by atoms with Gasteiger partial charge in [-0.05, 0) is 66.2 Å². The van der Waals surface area contributed by atoms with Crippen LogP contribution in [0.2, 0.25) is 5.02 Å². The molecule has 0 spiro atoms. The quantitative estimate of drug-likeness (QED) is 0.671. The lowest BCUT2D eigenvalue weighted by atomic mass is 10.0. The Morgan fingerprint density at radius 1 is 1.19 bits per heavy atom. The largest absolute Gasteiger partial charge is 0.464 e. The Morgan fingerprint density at radius 2 is 1.81 bits per heavy atom. The summed E-state index contributed by atoms with van der Waals surface area (Å²) in [6.07, 6.45) is 0. The zero-order chi connectivity index (χ0) is 19.6. The molecule has 1 aliphatic heterocycles. The molecular formula is C20H18BrClN2O3. The molecular weight excluding hydrogens is 432 g/mol. The highest BCUT2D eigenvalue weighted by Crippen LogP contribution is 2.43. The number of ether oxygens (including phenoxy) is 1. The normalized spacial score (nSPS) is 19.4. The molecule has 27 heavy (non-hydrogen) atoms. The maximum Gasteiger partial charge on any atom is 0.337 e. The van der Waals surface area contributed by atoms with Gasteiger partial charge in [0.05, 0.1) is 11.1 Å². The van der Waals surface area contributed by atoms with Crippen molar-refractivity contribution in [3.05, 3.63) is 69.8 Å². The van der Waals surface area contributed by atoms with Crippen LogP contribution in [0.15, 0.2) is 64.8 Å². The van der Waals surface area contributed by atoms with Gasteiger partial charge in [0, 0.05) is 16.4 Å². The van der Waals surface area contributed by atoms with E-state index in [4.69, 9.17) is 16.3 Å². The molecule has 5 nitrogen and oxygen atoms in total. The average Bonchev–Trinajstić information content (AvgIpc) is 2.86. The second kappa shape index (κ2) is 7.74. The first kappa shape index (κ1) is 19.5. The van der Waals surface area contributed by atoms with Crippen LogP contribution in [-0.2, 0) is 14.3 Å². The first-order valence-electron chi connectivity index (χ1n) is 8.39. The molecule has 0 aliphatic carbocycles. The SMILES string of the molecule is CCOC(=O)[C@]1(C)C(Br)=C(Nc2ccc(Cl)cc2)C(=O)N1c1ccccc1. The van der Waals surface area contributed by atoms with Crippen LogP contribution in [0.3, 0.4) is 0 Å². The third kappa shape index (κ3) is 3.47. The van der Waals surface area contributed by atoms with Crippen LogP contribution in [0.5, 0.6) is 0 Å². The van der Waals surface area contributed by atoms with Gasteiger partial charge in [-0.2, -0.15) is 0 Å². The summed E-state index contributed by atoms with van der Waals surface area (Å²) in [5.41, 5.74) is 0.240. The minimum absolute atomic E-state index is 0.214. The van der Waals surface area contributed by atoms with Crippen molar-refractivity contribution >= 4 is 50.8 Å². The Balaban J connectivity index is 2.07. The summed E-state index contributed by atoms with van der Waals surface area (Å²) in [6, 6.07) is 16.0. The molecule has 0 saturated heterocycles. The van der Waals surface area contributed by atoms with Crippen molar-refractivity contribution in [2.24, 2.45) is 0 Å². The van der Waals surface area contributed by atoms with Gasteiger partial charge in [0.25, 0.3) is 5.91 Å². The topological polar surface area (TPSA) is 58.6 Å². The predicted molar refractivity (Wildman–Crippen MR) is 110 cm³/mol. The Kier molecular flexibility index (Phi) is 5.58. The number of carbonyl (C=O) groups is 2. The molecule has 0 bridgehead atoms. The van der Waals surface area contributed by atoms with Crippen LogP contribution in [0.1, 0.15) is 13.8 Å². The van der Waals surface area contributed by atoms with Gasteiger partial charge in [-0.1, -0.05) is 29.8 Å². The smallest absolute Gasteiger partial charge is 0.337 e. The molecule has 1 heterocycles. The van der Waals surface area contributed by atoms with E-state index in [9.17, 15) is 9.59 Å². The van der Waals surface area contributed by atoms with E-state index in [2.05, 4.69) is 21.2 Å². The molecule has 1 atom stereocenters. The lowest BCUT2D eigenvalue weighted by Gasteiger charge is -2.33. The van der Waals surface area contributed by atoms with Gasteiger partial charge in [0.1, 0.15) is 5.70 Å². The van der Waals surface area contributed by atoms with Crippen LogP contribution < -0.4 is 10.2 Å². The maximum absolute atomic E-state index is 13.3. The number of halogens is 2. The monoisotopic (exact) mass is 448 g/mol. The Morgan fingerprint density at radius 3 is 2.41 bits per heavy atom. The number of benzene rings is 2. The number of carbonyl (C=O) groups excluding carboxylic acids is 2. The number of rotatable bonds is 5. The molecule has 2 aromatic carbocycles. The second-order valence-electron chi connectivity index (χ2n) is 6.09. The van der Waals surface area contributed by atoms with E-state index >= 15 is 0 Å². The summed E-state index contributed by atoms with van der Waals surface area (Å²) in [6.45, 7) is 3.61. The lowest BCUT2D eigenvalue weighted by molar-refractivity contribution is -0.147. The van der Waals surface area contributed by atoms with Crippen LogP contribution in [0, 0.1) is 0 Å². The molecule has 3 rings (SSSR count). The van der Waals surface area contributed by atoms with Crippen LogP contribution >= 0.6 is 27.5 Å². The lowest BCUT2D eigenvalue weighted by Crippen LogP contribution is -2.52. The van der Waals surface area contributed by atoms with E-state index in [1.54, 1.807) is 50.2 Å². The molecule has 7 heteroatoms. The number of esters is 1. The fourth-order valence-electron chi connectivity index (χ4n) is 2.94. The molecule has 0 radical (unpaired) electrons. The van der Waals surface area contributed by atoms with E-state index in [0.29, 0.717) is 20.9 Å². The number of nitrogens with zero attached hydrogens (tertiary/aromatic N) is 1. The van der Waals surface area contributed by atoms with Gasteiger partial charge in [-0.3, -0.25) is 9.69 Å². The number of hydrogen-bond acceptors (Lipinski definition) is 4. The van der Waals surface area contributed by atoms with Crippen molar-refractivity contribution < 1.29 is 14.3 Å². The first-order chi connectivity index (χ1) is 12.9. The predicted octanol–water partition coefficient (Wildman–Crippen LogP) is 4.73. The summed E-state index contributed by atoms with van der Waals surface area (Å²) in [5, 5.41) is 3.69. The number of para-hydroxylation sites is 1. The van der Waals surface area contributed by atoms with Gasteiger partial charge in [-0.15, -0.1) is 0 Å². The van der Waals surface area contributed by atoms with Crippen molar-refractivity contribution in [1.82, 2.24) is 0 Å². The van der Waals surface area contributed by atoms with E-state index in [1.165, 1.54) is 4.90 Å². The number of nitrogens with one attached hydrogen (secondary N) is 1. The standard InChI is InChI=1S/C20H18BrClN2O3/c1-3-27-19(26)20(2)17(21)16(23-14-11-9-13(22)10-12-14)18(25)24(20)15-7-5-4-6-8-15/h4-12,23H,3H2,1-2H3/t20-/m0/s1. The van der Waals surface area contributed by atoms with Crippen molar-refractivity contribution in [2.45, 2.75) is 19.4 Å². The summed E-state index contributed by atoms with van der Waals surface area (Å²) < 4.78 is 5.69. The Hall–Kier alpha value is -2.31. The fraction of sp³-hybridized carbons (Fsp3) is 0.200. The molecule has 1 aliphatic rings. The number of hydrogen-bond donors (Lipinski definition) is 1. The molecule has 0 aromatic heterocycles. The summed E-state index contributed by atoms with van der Waals surface area (Å²) in [7, 11) is 0. The zero-order valence-corrected chi connectivity index (χ0v) is 17.2. The molecule has 2 aromatic rings. The van der Waals surface area contributed by atoms with Gasteiger partial charge in [0.15, 0.2) is 5.54 Å². The first-order valence-corrected chi connectivity index (χ1v) is 9.56.